The van der Waals surface area contributed by atoms with Gasteiger partial charge < -0.3 is 9.47 Å². The van der Waals surface area contributed by atoms with Crippen molar-refractivity contribution in [3.63, 3.8) is 0 Å². The minimum atomic E-state index is -0.225. The first-order valence-electron chi connectivity index (χ1n) is 19.7. The van der Waals surface area contributed by atoms with Crippen LogP contribution in [0.5, 0.6) is 0 Å². The Morgan fingerprint density at radius 1 is 0.600 bits per heavy atom. The molecule has 0 spiro atoms. The van der Waals surface area contributed by atoms with Crippen LogP contribution in [0.25, 0.3) is 55.7 Å². The molecule has 0 saturated heterocycles. The van der Waals surface area contributed by atoms with E-state index in [1.807, 2.05) is 0 Å². The smallest absolute Gasteiger partial charge is 0.0543 e. The number of aromatic nitrogens is 1. The summed E-state index contributed by atoms with van der Waals surface area (Å²) in [6.07, 6.45) is 6.84. The second kappa shape index (κ2) is 12.5. The second-order valence-electron chi connectivity index (χ2n) is 16.9. The molecule has 0 N–H and O–H groups in total. The highest BCUT2D eigenvalue weighted by molar-refractivity contribution is 6.10. The molecule has 1 heterocycles. The number of hydrogen-bond acceptors (Lipinski definition) is 1. The van der Waals surface area contributed by atoms with Gasteiger partial charge in [0.05, 0.1) is 11.2 Å². The van der Waals surface area contributed by atoms with Crippen LogP contribution in [0.1, 0.15) is 69.0 Å². The van der Waals surface area contributed by atoms with Gasteiger partial charge in [-0.05, 0) is 123 Å². The third-order valence-electron chi connectivity index (χ3n) is 12.2. The minimum absolute atomic E-state index is 0.0676. The Bertz CT molecular complexity index is 2790. The molecule has 2 heteroatoms. The van der Waals surface area contributed by atoms with Gasteiger partial charge in [0, 0.05) is 38.9 Å². The Hall–Kier alpha value is -6.12. The average molecular weight is 711 g/mol. The fourth-order valence-electron chi connectivity index (χ4n) is 9.31. The summed E-state index contributed by atoms with van der Waals surface area (Å²) in [6, 6.07) is 56.6. The van der Waals surface area contributed by atoms with Crippen LogP contribution in [0.3, 0.4) is 0 Å². The number of hydrogen-bond donors (Lipinski definition) is 0. The van der Waals surface area contributed by atoms with Crippen LogP contribution in [-0.2, 0) is 17.3 Å². The molecule has 268 valence electrons. The number of aryl methyl sites for hydroxylation is 1. The van der Waals surface area contributed by atoms with E-state index in [2.05, 4.69) is 208 Å². The number of allylic oxidation sites excluding steroid dienone is 1. The lowest BCUT2D eigenvalue weighted by Crippen LogP contribution is -2.17. The van der Waals surface area contributed by atoms with Crippen LogP contribution < -0.4 is 4.90 Å². The van der Waals surface area contributed by atoms with E-state index < -0.39 is 0 Å². The molecule has 1 aromatic heterocycles. The van der Waals surface area contributed by atoms with Crippen LogP contribution in [0.4, 0.5) is 17.1 Å². The van der Waals surface area contributed by atoms with Gasteiger partial charge in [-0.25, -0.2) is 0 Å². The van der Waals surface area contributed by atoms with Crippen molar-refractivity contribution in [2.75, 3.05) is 4.90 Å². The molecule has 55 heavy (non-hydrogen) atoms. The highest BCUT2D eigenvalue weighted by Gasteiger charge is 2.38. The van der Waals surface area contributed by atoms with Crippen LogP contribution >= 0.6 is 0 Å². The molecule has 0 fully saturated rings. The van der Waals surface area contributed by atoms with Crippen molar-refractivity contribution in [2.45, 2.75) is 58.3 Å². The van der Waals surface area contributed by atoms with Crippen LogP contribution in [0, 0.1) is 0 Å². The van der Waals surface area contributed by atoms with Crippen molar-refractivity contribution in [3.8, 4) is 27.9 Å². The van der Waals surface area contributed by atoms with Gasteiger partial charge in [-0.2, -0.15) is 0 Å². The van der Waals surface area contributed by atoms with E-state index in [1.54, 1.807) is 0 Å². The van der Waals surface area contributed by atoms with Gasteiger partial charge >= 0.3 is 0 Å². The maximum absolute atomic E-state index is 2.50. The van der Waals surface area contributed by atoms with Crippen molar-refractivity contribution < 1.29 is 0 Å². The fraction of sp³-hybridized carbons (Fsp3) is 0.170. The van der Waals surface area contributed by atoms with Gasteiger partial charge in [0.2, 0.25) is 0 Å². The van der Waals surface area contributed by atoms with Crippen LogP contribution in [0.2, 0.25) is 0 Å². The standard InChI is InChI=1S/C53H46N2/c1-52(2,3)37-25-29-39(30-26-37)54(38-27-23-36(24-28-38)35-15-7-6-8-16-35)50-34-47-51(44-20-10-9-19-43(44)50)45-32-31-40(33-46(45)53(47,4)5)55-48-21-13-11-17-41(48)42-18-12-14-22-49(42)55/h6-11,13-17,19-34H,12,18H2,1-5H3. The number of nitrogens with zero attached hydrogens (tertiary/aromatic N) is 2. The zero-order valence-corrected chi connectivity index (χ0v) is 32.4. The van der Waals surface area contributed by atoms with E-state index >= 15 is 0 Å². The first-order valence-corrected chi connectivity index (χ1v) is 19.7. The van der Waals surface area contributed by atoms with E-state index in [9.17, 15) is 0 Å². The number of fused-ring (bicyclic) bond motifs is 8. The minimum Gasteiger partial charge on any atom is -0.310 e. The van der Waals surface area contributed by atoms with Gasteiger partial charge in [-0.15, -0.1) is 0 Å². The molecule has 0 saturated carbocycles. The highest BCUT2D eigenvalue weighted by Crippen LogP contribution is 2.55. The Morgan fingerprint density at radius 2 is 1.24 bits per heavy atom. The van der Waals surface area contributed by atoms with Crippen molar-refractivity contribution in [1.82, 2.24) is 4.57 Å². The molecule has 7 aromatic carbocycles. The molecule has 2 nitrogen and oxygen atoms in total. The summed E-state index contributed by atoms with van der Waals surface area (Å²) in [5.74, 6) is 0. The van der Waals surface area contributed by atoms with Gasteiger partial charge in [0.1, 0.15) is 0 Å². The molecule has 0 atom stereocenters. The first-order chi connectivity index (χ1) is 26.7. The summed E-state index contributed by atoms with van der Waals surface area (Å²) >= 11 is 0. The first kappa shape index (κ1) is 33.4. The molecular formula is C53H46N2. The van der Waals surface area contributed by atoms with Crippen molar-refractivity contribution in [3.05, 3.63) is 186 Å². The van der Waals surface area contributed by atoms with Gasteiger partial charge in [0.15, 0.2) is 0 Å². The summed E-state index contributed by atoms with van der Waals surface area (Å²) in [5, 5.41) is 3.91. The Morgan fingerprint density at radius 3 is 1.96 bits per heavy atom. The van der Waals surface area contributed by atoms with E-state index in [0.717, 1.165) is 24.2 Å². The van der Waals surface area contributed by atoms with Crippen LogP contribution in [-0.4, -0.2) is 4.57 Å². The highest BCUT2D eigenvalue weighted by atomic mass is 15.1. The molecule has 0 bridgehead atoms. The van der Waals surface area contributed by atoms with E-state index in [1.165, 1.54) is 83.3 Å². The summed E-state index contributed by atoms with van der Waals surface area (Å²) in [4.78, 5) is 2.47. The Balaban J connectivity index is 1.16. The molecular weight excluding hydrogens is 665 g/mol. The normalized spacial score (nSPS) is 14.2. The summed E-state index contributed by atoms with van der Waals surface area (Å²) in [5.41, 5.74) is 17.8. The number of benzene rings is 7. The van der Waals surface area contributed by atoms with Crippen molar-refractivity contribution >= 4 is 44.8 Å². The molecule has 2 aliphatic rings. The molecule has 8 aromatic rings. The van der Waals surface area contributed by atoms with Gasteiger partial charge in [-0.1, -0.05) is 144 Å². The van der Waals surface area contributed by atoms with E-state index in [-0.39, 0.29) is 10.8 Å². The lowest BCUT2D eigenvalue weighted by atomic mass is 9.81. The average Bonchev–Trinajstić information content (AvgIpc) is 3.66. The zero-order valence-electron chi connectivity index (χ0n) is 32.4. The maximum Gasteiger partial charge on any atom is 0.0543 e. The third-order valence-corrected chi connectivity index (χ3v) is 12.2. The molecule has 0 amide bonds. The molecule has 10 rings (SSSR count). The number of rotatable bonds is 5. The van der Waals surface area contributed by atoms with Crippen molar-refractivity contribution in [2.24, 2.45) is 0 Å². The maximum atomic E-state index is 2.50. The number of anilines is 3. The lowest BCUT2D eigenvalue weighted by molar-refractivity contribution is 0.590. The predicted molar refractivity (Wildman–Crippen MR) is 235 cm³/mol. The van der Waals surface area contributed by atoms with Gasteiger partial charge in [0.25, 0.3) is 0 Å². The molecule has 2 aliphatic carbocycles. The monoisotopic (exact) mass is 710 g/mol. The summed E-state index contributed by atoms with van der Waals surface area (Å²) in [6.45, 7) is 11.7. The summed E-state index contributed by atoms with van der Waals surface area (Å²) in [7, 11) is 0. The van der Waals surface area contributed by atoms with Gasteiger partial charge in [-0.3, -0.25) is 0 Å². The van der Waals surface area contributed by atoms with E-state index in [0.29, 0.717) is 0 Å². The lowest BCUT2D eigenvalue weighted by Gasteiger charge is -2.30. The largest absolute Gasteiger partial charge is 0.310 e. The summed E-state index contributed by atoms with van der Waals surface area (Å²) < 4.78 is 2.49. The predicted octanol–water partition coefficient (Wildman–Crippen LogP) is 14.5. The second-order valence-corrected chi connectivity index (χ2v) is 16.9. The molecule has 0 aliphatic heterocycles. The molecule has 0 unspecified atom stereocenters. The molecule has 0 radical (unpaired) electrons. The fourth-order valence-corrected chi connectivity index (χ4v) is 9.31. The Kier molecular flexibility index (Phi) is 7.58. The van der Waals surface area contributed by atoms with Crippen molar-refractivity contribution in [1.29, 1.82) is 0 Å². The van der Waals surface area contributed by atoms with Crippen LogP contribution in [0.15, 0.2) is 158 Å². The SMILES string of the molecule is CC(C)(C)c1ccc(N(c2ccc(-c3ccccc3)cc2)c2cc3c(c4ccccc24)-c2ccc(-n4c5c(c6ccccc64)CCC=C5)cc2C3(C)C)cc1. The third kappa shape index (κ3) is 5.30. The quantitative estimate of drug-likeness (QED) is 0.173. The zero-order chi connectivity index (χ0) is 37.5. The van der Waals surface area contributed by atoms with E-state index in [4.69, 9.17) is 0 Å². The Labute approximate surface area is 325 Å². The number of para-hydroxylation sites is 1. The topological polar surface area (TPSA) is 8.17 Å².